The fraction of sp³-hybridized carbons (Fsp3) is 0.320. The number of carboxylic acid groups (broad SMARTS) is 1. The predicted octanol–water partition coefficient (Wildman–Crippen LogP) is 3.54. The summed E-state index contributed by atoms with van der Waals surface area (Å²) >= 11 is 0. The van der Waals surface area contributed by atoms with E-state index in [1.54, 1.807) is 0 Å². The summed E-state index contributed by atoms with van der Waals surface area (Å²) in [6, 6.07) is 16.0. The molecule has 2 aliphatic rings. The van der Waals surface area contributed by atoms with E-state index in [0.717, 1.165) is 22.3 Å². The fourth-order valence-electron chi connectivity index (χ4n) is 4.88. The Balaban J connectivity index is 1.15. The van der Waals surface area contributed by atoms with Crippen LogP contribution in [-0.4, -0.2) is 50.9 Å². The molecule has 0 atom stereocenters. The van der Waals surface area contributed by atoms with Gasteiger partial charge in [-0.1, -0.05) is 48.5 Å². The van der Waals surface area contributed by atoms with Crippen LogP contribution in [0.5, 0.6) is 0 Å². The van der Waals surface area contributed by atoms with E-state index < -0.39 is 18.0 Å². The number of hydrogen-bond acceptors (Lipinski definition) is 6. The lowest BCUT2D eigenvalue weighted by molar-refractivity contribution is -0.142. The number of hydrogen-bond donors (Lipinski definition) is 4. The highest BCUT2D eigenvalue weighted by molar-refractivity contribution is 5.91. The number of H-pyrrole nitrogens is 1. The summed E-state index contributed by atoms with van der Waals surface area (Å²) in [6.07, 6.45) is 1.49. The Hall–Kier alpha value is -4.21. The Morgan fingerprint density at radius 3 is 2.23 bits per heavy atom. The van der Waals surface area contributed by atoms with E-state index in [4.69, 9.17) is 9.84 Å². The largest absolute Gasteiger partial charge is 0.481 e. The van der Waals surface area contributed by atoms with Gasteiger partial charge in [-0.25, -0.2) is 4.79 Å². The summed E-state index contributed by atoms with van der Waals surface area (Å²) in [5.41, 5.74) is 4.49. The maximum absolute atomic E-state index is 12.5. The minimum Gasteiger partial charge on any atom is -0.481 e. The van der Waals surface area contributed by atoms with Crippen LogP contribution in [0.25, 0.3) is 11.1 Å². The van der Waals surface area contributed by atoms with E-state index in [1.165, 1.54) is 0 Å². The zero-order valence-corrected chi connectivity index (χ0v) is 18.9. The molecule has 2 aromatic carbocycles. The maximum Gasteiger partial charge on any atom is 0.414 e. The average Bonchev–Trinajstić information content (AvgIpc) is 3.46. The second-order valence-electron chi connectivity index (χ2n) is 8.82. The lowest BCUT2D eigenvalue weighted by Gasteiger charge is -2.26. The number of anilines is 1. The Bertz CT molecular complexity index is 1220. The Labute approximate surface area is 201 Å². The number of aromatic amines is 1. The van der Waals surface area contributed by atoms with Gasteiger partial charge in [-0.05, 0) is 47.9 Å². The number of rotatable bonds is 6. The minimum absolute atomic E-state index is 0.0423. The van der Waals surface area contributed by atoms with E-state index >= 15 is 0 Å². The highest BCUT2D eigenvalue weighted by Crippen LogP contribution is 2.44. The number of carboxylic acids is 1. The molecule has 3 aromatic rings. The molecule has 180 valence electrons. The number of benzene rings is 2. The SMILES string of the molecule is O=C(Nc1n[nH]c(C(=O)NC2CCC(C(=O)O)CC2)n1)OCC1c2ccccc2-c2ccccc21. The molecule has 10 heteroatoms. The van der Waals surface area contributed by atoms with Crippen LogP contribution in [0, 0.1) is 5.92 Å². The van der Waals surface area contributed by atoms with Gasteiger partial charge in [-0.2, -0.15) is 4.98 Å². The molecule has 10 nitrogen and oxygen atoms in total. The van der Waals surface area contributed by atoms with E-state index in [9.17, 15) is 14.4 Å². The zero-order chi connectivity index (χ0) is 24.4. The third-order valence-electron chi connectivity index (χ3n) is 6.67. The summed E-state index contributed by atoms with van der Waals surface area (Å²) in [4.78, 5) is 40.0. The van der Waals surface area contributed by atoms with Crippen LogP contribution in [0.1, 0.15) is 53.3 Å². The van der Waals surface area contributed by atoms with Gasteiger partial charge in [0, 0.05) is 12.0 Å². The van der Waals surface area contributed by atoms with Crippen molar-refractivity contribution >= 4 is 23.9 Å². The molecule has 0 radical (unpaired) electrons. The van der Waals surface area contributed by atoms with Gasteiger partial charge in [0.05, 0.1) is 5.92 Å². The average molecular weight is 476 g/mol. The molecule has 0 unspecified atom stereocenters. The molecular weight excluding hydrogens is 450 g/mol. The van der Waals surface area contributed by atoms with Crippen LogP contribution < -0.4 is 10.6 Å². The number of nitrogens with zero attached hydrogens (tertiary/aromatic N) is 2. The van der Waals surface area contributed by atoms with Crippen LogP contribution >= 0.6 is 0 Å². The molecule has 5 rings (SSSR count). The van der Waals surface area contributed by atoms with E-state index in [0.29, 0.717) is 25.7 Å². The molecule has 0 spiro atoms. The molecule has 1 fully saturated rings. The maximum atomic E-state index is 12.5. The number of carbonyl (C=O) groups is 3. The molecule has 2 aliphatic carbocycles. The molecule has 35 heavy (non-hydrogen) atoms. The van der Waals surface area contributed by atoms with Gasteiger partial charge in [0.2, 0.25) is 5.82 Å². The summed E-state index contributed by atoms with van der Waals surface area (Å²) in [7, 11) is 0. The Morgan fingerprint density at radius 2 is 1.60 bits per heavy atom. The molecule has 1 saturated carbocycles. The monoisotopic (exact) mass is 475 g/mol. The van der Waals surface area contributed by atoms with Crippen LogP contribution in [0.4, 0.5) is 10.7 Å². The number of nitrogens with one attached hydrogen (secondary N) is 3. The second-order valence-corrected chi connectivity index (χ2v) is 8.82. The predicted molar refractivity (Wildman–Crippen MR) is 126 cm³/mol. The molecule has 1 heterocycles. The van der Waals surface area contributed by atoms with Crippen molar-refractivity contribution in [2.45, 2.75) is 37.6 Å². The van der Waals surface area contributed by atoms with E-state index in [2.05, 4.69) is 37.9 Å². The minimum atomic E-state index is -0.797. The van der Waals surface area contributed by atoms with Gasteiger partial charge in [0.25, 0.3) is 11.9 Å². The van der Waals surface area contributed by atoms with Crippen LogP contribution in [0.3, 0.4) is 0 Å². The first-order chi connectivity index (χ1) is 17.0. The summed E-state index contributed by atoms with van der Waals surface area (Å²) in [5, 5.41) is 20.8. The number of aliphatic carboxylic acids is 1. The standard InChI is InChI=1S/C25H25N5O5/c31-22(26-15-11-9-14(10-12-15)23(32)33)21-27-24(30-29-21)28-25(34)35-13-20-18-7-3-1-5-16(18)17-6-2-4-8-19(17)20/h1-8,14-15,20H,9-13H2,(H,26,31)(H,32,33)(H2,27,28,29,30,34). The highest BCUT2D eigenvalue weighted by Gasteiger charge is 2.30. The van der Waals surface area contributed by atoms with Crippen LogP contribution in [0.15, 0.2) is 48.5 Å². The van der Waals surface area contributed by atoms with Crippen molar-refractivity contribution < 1.29 is 24.2 Å². The zero-order valence-electron chi connectivity index (χ0n) is 18.9. The molecule has 4 N–H and O–H groups in total. The highest BCUT2D eigenvalue weighted by atomic mass is 16.5. The Kier molecular flexibility index (Phi) is 6.17. The van der Waals surface area contributed by atoms with Gasteiger partial charge in [0.1, 0.15) is 6.61 Å². The van der Waals surface area contributed by atoms with Gasteiger partial charge >= 0.3 is 12.1 Å². The van der Waals surface area contributed by atoms with Gasteiger partial charge < -0.3 is 15.2 Å². The number of amides is 2. The first kappa shape index (κ1) is 22.6. The quantitative estimate of drug-likeness (QED) is 0.426. The number of fused-ring (bicyclic) bond motifs is 3. The molecular formula is C25H25N5O5. The number of aromatic nitrogens is 3. The third kappa shape index (κ3) is 4.72. The van der Waals surface area contributed by atoms with E-state index in [-0.39, 0.29) is 36.3 Å². The lowest BCUT2D eigenvalue weighted by Crippen LogP contribution is -2.39. The lowest BCUT2D eigenvalue weighted by atomic mass is 9.86. The number of ether oxygens (including phenoxy) is 1. The van der Waals surface area contributed by atoms with Crippen molar-refractivity contribution in [3.63, 3.8) is 0 Å². The van der Waals surface area contributed by atoms with Crippen molar-refractivity contribution in [1.82, 2.24) is 20.5 Å². The second kappa shape index (κ2) is 9.57. The molecule has 0 saturated heterocycles. The first-order valence-corrected chi connectivity index (χ1v) is 11.6. The normalized spacial score (nSPS) is 18.9. The number of carbonyl (C=O) groups excluding carboxylic acids is 2. The molecule has 0 bridgehead atoms. The molecule has 1 aromatic heterocycles. The molecule has 2 amide bonds. The topological polar surface area (TPSA) is 146 Å². The Morgan fingerprint density at radius 1 is 0.971 bits per heavy atom. The first-order valence-electron chi connectivity index (χ1n) is 11.6. The van der Waals surface area contributed by atoms with Gasteiger partial charge in [0.15, 0.2) is 0 Å². The van der Waals surface area contributed by atoms with Crippen molar-refractivity contribution in [3.05, 3.63) is 65.5 Å². The third-order valence-corrected chi connectivity index (χ3v) is 6.67. The van der Waals surface area contributed by atoms with Crippen LogP contribution in [-0.2, 0) is 9.53 Å². The fourth-order valence-corrected chi connectivity index (χ4v) is 4.88. The van der Waals surface area contributed by atoms with Gasteiger partial charge in [-0.3, -0.25) is 20.0 Å². The smallest absolute Gasteiger partial charge is 0.414 e. The molecule has 0 aliphatic heterocycles. The summed E-state index contributed by atoms with van der Waals surface area (Å²) < 4.78 is 5.47. The van der Waals surface area contributed by atoms with Crippen molar-refractivity contribution in [3.8, 4) is 11.1 Å². The summed E-state index contributed by atoms with van der Waals surface area (Å²) in [6.45, 7) is 0.149. The van der Waals surface area contributed by atoms with E-state index in [1.807, 2.05) is 36.4 Å². The van der Waals surface area contributed by atoms with Crippen molar-refractivity contribution in [2.24, 2.45) is 5.92 Å². The van der Waals surface area contributed by atoms with Crippen LogP contribution in [0.2, 0.25) is 0 Å². The van der Waals surface area contributed by atoms with Crippen molar-refractivity contribution in [1.29, 1.82) is 0 Å². The summed E-state index contributed by atoms with van der Waals surface area (Å²) in [5.74, 6) is -1.80. The van der Waals surface area contributed by atoms with Crippen molar-refractivity contribution in [2.75, 3.05) is 11.9 Å². The van der Waals surface area contributed by atoms with Gasteiger partial charge in [-0.15, -0.1) is 5.10 Å².